The zero-order valence-electron chi connectivity index (χ0n) is 16.6. The third-order valence-electron chi connectivity index (χ3n) is 5.74. The van der Waals surface area contributed by atoms with Gasteiger partial charge in [-0.3, -0.25) is 0 Å². The first kappa shape index (κ1) is 18.4. The number of pyridine rings is 1. The quantitative estimate of drug-likeness (QED) is 0.667. The number of aromatic nitrogens is 3. The largest absolute Gasteiger partial charge is 0.356 e. The molecule has 0 aliphatic carbocycles. The Labute approximate surface area is 167 Å². The topological polar surface area (TPSA) is 73.5 Å². The number of hydrogen-bond acceptors (Lipinski definition) is 7. The average molecular weight is 398 g/mol. The summed E-state index contributed by atoms with van der Waals surface area (Å²) in [5.41, 5.74) is 2.04. The maximum atomic E-state index is 14.4. The second-order valence-corrected chi connectivity index (χ2v) is 7.59. The Kier molecular flexibility index (Phi) is 4.48. The molecule has 5 rings (SSSR count). The normalized spacial score (nSPS) is 18.8. The Morgan fingerprint density at radius 1 is 1.10 bits per heavy atom. The van der Waals surface area contributed by atoms with E-state index < -0.39 is 5.79 Å². The number of fused-ring (bicyclic) bond motifs is 1. The molecule has 0 radical (unpaired) electrons. The first-order valence-corrected chi connectivity index (χ1v) is 10.0. The third-order valence-corrected chi connectivity index (χ3v) is 5.74. The highest BCUT2D eigenvalue weighted by Gasteiger charge is 2.40. The van der Waals surface area contributed by atoms with E-state index in [1.54, 1.807) is 6.92 Å². The molecule has 0 atom stereocenters. The van der Waals surface area contributed by atoms with Gasteiger partial charge in [0.05, 0.1) is 24.3 Å². The van der Waals surface area contributed by atoms with E-state index in [0.29, 0.717) is 55.5 Å². The van der Waals surface area contributed by atoms with Crippen LogP contribution in [0.3, 0.4) is 0 Å². The number of aryl methyl sites for hydroxylation is 2. The van der Waals surface area contributed by atoms with Crippen molar-refractivity contribution in [3.63, 3.8) is 0 Å². The van der Waals surface area contributed by atoms with Crippen LogP contribution in [0.5, 0.6) is 0 Å². The number of benzene rings is 1. The number of hydrogen-bond donors (Lipinski definition) is 0. The summed E-state index contributed by atoms with van der Waals surface area (Å²) in [6.07, 6.45) is 2.11. The number of rotatable bonds is 3. The number of ether oxygens (including phenoxy) is 2. The van der Waals surface area contributed by atoms with Crippen LogP contribution < -0.4 is 4.90 Å². The van der Waals surface area contributed by atoms with E-state index in [9.17, 15) is 4.39 Å². The van der Waals surface area contributed by atoms with Crippen molar-refractivity contribution in [3.05, 3.63) is 35.4 Å². The van der Waals surface area contributed by atoms with Crippen LogP contribution in [0.2, 0.25) is 0 Å². The molecule has 0 unspecified atom stereocenters. The fraction of sp³-hybridized carbons (Fsp3) is 0.476. The SMILES string of the molecule is CCc1cc2cc(-c3nc(C)no3)c(N3CCC4(CC3)OCCO4)nc2cc1F. The van der Waals surface area contributed by atoms with Gasteiger partial charge < -0.3 is 18.9 Å². The van der Waals surface area contributed by atoms with Crippen molar-refractivity contribution in [3.8, 4) is 11.5 Å². The molecule has 4 heterocycles. The molecule has 0 amide bonds. The van der Waals surface area contributed by atoms with E-state index in [1.165, 1.54) is 6.07 Å². The summed E-state index contributed by atoms with van der Waals surface area (Å²) in [5, 5.41) is 4.79. The van der Waals surface area contributed by atoms with Gasteiger partial charge in [-0.1, -0.05) is 12.1 Å². The van der Waals surface area contributed by atoms with Gasteiger partial charge in [-0.15, -0.1) is 0 Å². The number of piperidine rings is 1. The lowest BCUT2D eigenvalue weighted by Crippen LogP contribution is -2.45. The predicted octanol–water partition coefficient (Wildman–Crippen LogP) is 3.64. The standard InChI is InChI=1S/C21H23FN4O3/c1-3-14-10-15-11-16(20-23-13(2)25-29-20)19(24-18(15)12-17(14)22)26-6-4-21(5-7-26)27-8-9-28-21/h10-12H,3-9H2,1-2H3. The monoisotopic (exact) mass is 398 g/mol. The van der Waals surface area contributed by atoms with Crippen molar-refractivity contribution in [2.24, 2.45) is 0 Å². The molecular weight excluding hydrogens is 375 g/mol. The predicted molar refractivity (Wildman–Crippen MR) is 105 cm³/mol. The molecule has 0 N–H and O–H groups in total. The van der Waals surface area contributed by atoms with E-state index >= 15 is 0 Å². The number of anilines is 1. The van der Waals surface area contributed by atoms with Crippen LogP contribution in [0.4, 0.5) is 10.2 Å². The number of nitrogens with zero attached hydrogens (tertiary/aromatic N) is 4. The second kappa shape index (κ2) is 7.03. The molecule has 0 saturated carbocycles. The van der Waals surface area contributed by atoms with Gasteiger partial charge in [-0.05, 0) is 31.0 Å². The Morgan fingerprint density at radius 2 is 1.86 bits per heavy atom. The van der Waals surface area contributed by atoms with Crippen LogP contribution in [-0.4, -0.2) is 47.2 Å². The summed E-state index contributed by atoms with van der Waals surface area (Å²) >= 11 is 0. The Morgan fingerprint density at radius 3 is 2.52 bits per heavy atom. The van der Waals surface area contributed by atoms with Crippen molar-refractivity contribution in [1.29, 1.82) is 0 Å². The maximum absolute atomic E-state index is 14.4. The lowest BCUT2D eigenvalue weighted by atomic mass is 10.0. The van der Waals surface area contributed by atoms with Gasteiger partial charge in [0.25, 0.3) is 5.89 Å². The van der Waals surface area contributed by atoms with Gasteiger partial charge in [0.2, 0.25) is 0 Å². The van der Waals surface area contributed by atoms with Crippen LogP contribution in [0, 0.1) is 12.7 Å². The van der Waals surface area contributed by atoms with Gasteiger partial charge >= 0.3 is 0 Å². The van der Waals surface area contributed by atoms with E-state index in [0.717, 1.165) is 29.6 Å². The van der Waals surface area contributed by atoms with Crippen molar-refractivity contribution >= 4 is 16.7 Å². The molecular formula is C21H23FN4O3. The number of halogens is 1. The fourth-order valence-corrected chi connectivity index (χ4v) is 4.15. The summed E-state index contributed by atoms with van der Waals surface area (Å²) in [7, 11) is 0. The van der Waals surface area contributed by atoms with Crippen LogP contribution >= 0.6 is 0 Å². The second-order valence-electron chi connectivity index (χ2n) is 7.59. The molecule has 3 aromatic rings. The minimum atomic E-state index is -0.475. The molecule has 2 aromatic heterocycles. The van der Waals surface area contributed by atoms with Crippen LogP contribution in [0.25, 0.3) is 22.4 Å². The maximum Gasteiger partial charge on any atom is 0.261 e. The van der Waals surface area contributed by atoms with E-state index in [1.807, 2.05) is 19.1 Å². The van der Waals surface area contributed by atoms with E-state index in [-0.39, 0.29) is 5.82 Å². The van der Waals surface area contributed by atoms with Gasteiger partial charge in [-0.2, -0.15) is 4.98 Å². The first-order valence-electron chi connectivity index (χ1n) is 10.0. The molecule has 2 aliphatic heterocycles. The van der Waals surface area contributed by atoms with Crippen LogP contribution in [-0.2, 0) is 15.9 Å². The average Bonchev–Trinajstić information content (AvgIpc) is 3.36. The van der Waals surface area contributed by atoms with E-state index in [2.05, 4.69) is 15.0 Å². The molecule has 29 heavy (non-hydrogen) atoms. The first-order chi connectivity index (χ1) is 14.1. The lowest BCUT2D eigenvalue weighted by molar-refractivity contribution is -0.169. The minimum Gasteiger partial charge on any atom is -0.356 e. The molecule has 2 fully saturated rings. The zero-order valence-corrected chi connectivity index (χ0v) is 16.6. The summed E-state index contributed by atoms with van der Waals surface area (Å²) in [6, 6.07) is 5.32. The molecule has 152 valence electrons. The highest BCUT2D eigenvalue weighted by atomic mass is 19.1. The lowest BCUT2D eigenvalue weighted by Gasteiger charge is -2.38. The Bertz CT molecular complexity index is 1050. The van der Waals surface area contributed by atoms with Crippen molar-refractivity contribution in [2.45, 2.75) is 38.9 Å². The van der Waals surface area contributed by atoms with Gasteiger partial charge in [-0.25, -0.2) is 9.37 Å². The van der Waals surface area contributed by atoms with Crippen LogP contribution in [0.1, 0.15) is 31.2 Å². The highest BCUT2D eigenvalue weighted by Crippen LogP contribution is 2.37. The molecule has 1 spiro atoms. The van der Waals surface area contributed by atoms with Crippen molar-refractivity contribution in [1.82, 2.24) is 15.1 Å². The molecule has 2 aliphatic rings. The summed E-state index contributed by atoms with van der Waals surface area (Å²) in [4.78, 5) is 11.4. The van der Waals surface area contributed by atoms with Crippen LogP contribution in [0.15, 0.2) is 22.7 Å². The summed E-state index contributed by atoms with van der Waals surface area (Å²) in [5.74, 6) is 0.993. The zero-order chi connectivity index (χ0) is 20.0. The Balaban J connectivity index is 1.58. The van der Waals surface area contributed by atoms with Crippen molar-refractivity contribution in [2.75, 3.05) is 31.2 Å². The molecule has 2 saturated heterocycles. The molecule has 0 bridgehead atoms. The Hall–Kier alpha value is -2.58. The smallest absolute Gasteiger partial charge is 0.261 e. The van der Waals surface area contributed by atoms with E-state index in [4.69, 9.17) is 19.0 Å². The van der Waals surface area contributed by atoms with Gasteiger partial charge in [0, 0.05) is 37.4 Å². The minimum absolute atomic E-state index is 0.231. The van der Waals surface area contributed by atoms with Gasteiger partial charge in [0.1, 0.15) is 11.6 Å². The third kappa shape index (κ3) is 3.26. The molecule has 8 heteroatoms. The van der Waals surface area contributed by atoms with Gasteiger partial charge in [0.15, 0.2) is 11.6 Å². The summed E-state index contributed by atoms with van der Waals surface area (Å²) < 4.78 is 31.5. The molecule has 1 aromatic carbocycles. The van der Waals surface area contributed by atoms with Crippen molar-refractivity contribution < 1.29 is 18.4 Å². The highest BCUT2D eigenvalue weighted by molar-refractivity contribution is 5.88. The fourth-order valence-electron chi connectivity index (χ4n) is 4.15. The molecule has 7 nitrogen and oxygen atoms in total. The summed E-state index contributed by atoms with van der Waals surface area (Å²) in [6.45, 7) is 6.43.